The van der Waals surface area contributed by atoms with E-state index >= 15 is 0 Å². The molecule has 2 heterocycles. The number of aromatic amines is 1. The van der Waals surface area contributed by atoms with Gasteiger partial charge in [-0.25, -0.2) is 0 Å². The van der Waals surface area contributed by atoms with Crippen LogP contribution in [0.15, 0.2) is 48.8 Å². The summed E-state index contributed by atoms with van der Waals surface area (Å²) in [6, 6.07) is 11.0. The molecule has 0 saturated heterocycles. The molecule has 6 nitrogen and oxygen atoms in total. The number of benzene rings is 1. The topological polar surface area (TPSA) is 84.1 Å². The number of Topliss-reactive ketones (excluding diaryl/α,β-unsaturated/α-hetero) is 1. The van der Waals surface area contributed by atoms with Gasteiger partial charge >= 0.3 is 0 Å². The SMILES string of the molecule is CC(=O)c1c(C)[nH]c(C(=O)Nc2cccc(OCc3cccnc3)c2)c1C. The largest absolute Gasteiger partial charge is 0.489 e. The predicted octanol–water partition coefficient (Wildman–Crippen LogP) is 4.06. The normalized spacial score (nSPS) is 10.5. The lowest BCUT2D eigenvalue weighted by atomic mass is 10.1. The molecule has 3 rings (SSSR count). The van der Waals surface area contributed by atoms with Crippen LogP contribution in [-0.4, -0.2) is 21.7 Å². The van der Waals surface area contributed by atoms with Crippen molar-refractivity contribution >= 4 is 17.4 Å². The third-order valence-electron chi connectivity index (χ3n) is 4.24. The van der Waals surface area contributed by atoms with Crippen molar-refractivity contribution in [3.05, 3.63) is 76.9 Å². The fourth-order valence-electron chi connectivity index (χ4n) is 3.01. The minimum atomic E-state index is -0.299. The van der Waals surface area contributed by atoms with E-state index in [1.54, 1.807) is 38.4 Å². The van der Waals surface area contributed by atoms with Crippen LogP contribution in [0.5, 0.6) is 5.75 Å². The van der Waals surface area contributed by atoms with Crippen LogP contribution in [0.4, 0.5) is 5.69 Å². The van der Waals surface area contributed by atoms with Crippen LogP contribution in [0.1, 0.15) is 44.6 Å². The third-order valence-corrected chi connectivity index (χ3v) is 4.24. The van der Waals surface area contributed by atoms with E-state index in [0.717, 1.165) is 5.56 Å². The molecule has 3 aromatic rings. The van der Waals surface area contributed by atoms with Crippen LogP contribution in [-0.2, 0) is 6.61 Å². The van der Waals surface area contributed by atoms with Gasteiger partial charge in [-0.05, 0) is 44.5 Å². The molecule has 0 aliphatic heterocycles. The van der Waals surface area contributed by atoms with E-state index in [2.05, 4.69) is 15.3 Å². The Balaban J connectivity index is 1.72. The molecule has 0 radical (unpaired) electrons. The lowest BCUT2D eigenvalue weighted by Gasteiger charge is -2.09. The van der Waals surface area contributed by atoms with Gasteiger partial charge in [-0.3, -0.25) is 14.6 Å². The van der Waals surface area contributed by atoms with Gasteiger partial charge in [0.1, 0.15) is 18.1 Å². The first-order valence-corrected chi connectivity index (χ1v) is 8.59. The molecule has 0 spiro atoms. The minimum absolute atomic E-state index is 0.0638. The molecule has 138 valence electrons. The highest BCUT2D eigenvalue weighted by Crippen LogP contribution is 2.22. The van der Waals surface area contributed by atoms with E-state index in [4.69, 9.17) is 4.74 Å². The zero-order valence-electron chi connectivity index (χ0n) is 15.5. The number of aryl methyl sites for hydroxylation is 1. The number of hydrogen-bond acceptors (Lipinski definition) is 4. The number of hydrogen-bond donors (Lipinski definition) is 2. The number of amides is 1. The summed E-state index contributed by atoms with van der Waals surface area (Å²) < 4.78 is 5.75. The van der Waals surface area contributed by atoms with Crippen molar-refractivity contribution in [3.63, 3.8) is 0 Å². The van der Waals surface area contributed by atoms with Crippen molar-refractivity contribution in [2.75, 3.05) is 5.32 Å². The summed E-state index contributed by atoms with van der Waals surface area (Å²) in [4.78, 5) is 31.4. The summed E-state index contributed by atoms with van der Waals surface area (Å²) in [5, 5.41) is 2.84. The Labute approximate surface area is 157 Å². The van der Waals surface area contributed by atoms with Gasteiger partial charge in [0.15, 0.2) is 5.78 Å². The molecular formula is C21H21N3O3. The Morgan fingerprint density at radius 2 is 2.00 bits per heavy atom. The molecule has 0 atom stereocenters. The Kier molecular flexibility index (Phi) is 5.35. The summed E-state index contributed by atoms with van der Waals surface area (Å²) in [7, 11) is 0. The van der Waals surface area contributed by atoms with Gasteiger partial charge in [-0.15, -0.1) is 0 Å². The number of pyridine rings is 1. The molecule has 2 N–H and O–H groups in total. The monoisotopic (exact) mass is 363 g/mol. The lowest BCUT2D eigenvalue weighted by molar-refractivity contribution is 0.101. The van der Waals surface area contributed by atoms with Crippen molar-refractivity contribution in [1.82, 2.24) is 9.97 Å². The first kappa shape index (κ1) is 18.4. The second-order valence-electron chi connectivity index (χ2n) is 6.31. The number of carbonyl (C=O) groups excluding carboxylic acids is 2. The quantitative estimate of drug-likeness (QED) is 0.647. The summed E-state index contributed by atoms with van der Waals surface area (Å²) in [5.41, 5.74) is 3.87. The first-order chi connectivity index (χ1) is 13.0. The molecule has 6 heteroatoms. The fourth-order valence-corrected chi connectivity index (χ4v) is 3.01. The van der Waals surface area contributed by atoms with Gasteiger partial charge in [0.25, 0.3) is 5.91 Å². The molecule has 1 amide bonds. The molecule has 0 bridgehead atoms. The highest BCUT2D eigenvalue weighted by atomic mass is 16.5. The zero-order chi connectivity index (χ0) is 19.4. The molecule has 0 aliphatic carbocycles. The molecule has 0 saturated carbocycles. The highest BCUT2D eigenvalue weighted by Gasteiger charge is 2.19. The highest BCUT2D eigenvalue weighted by molar-refractivity contribution is 6.07. The Bertz CT molecular complexity index is 978. The standard InChI is InChI=1S/C21H21N3O3/c1-13-19(15(3)25)14(2)23-20(13)21(26)24-17-7-4-8-18(10-17)27-12-16-6-5-9-22-11-16/h4-11,23H,12H2,1-3H3,(H,24,26). The van der Waals surface area contributed by atoms with Crippen LogP contribution in [0, 0.1) is 13.8 Å². The molecule has 1 aromatic carbocycles. The third kappa shape index (κ3) is 4.23. The van der Waals surface area contributed by atoms with E-state index in [9.17, 15) is 9.59 Å². The van der Waals surface area contributed by atoms with Gasteiger partial charge in [0.05, 0.1) is 0 Å². The van der Waals surface area contributed by atoms with Crippen molar-refractivity contribution in [2.24, 2.45) is 0 Å². The maximum absolute atomic E-state index is 12.6. The molecular weight excluding hydrogens is 342 g/mol. The summed E-state index contributed by atoms with van der Waals surface area (Å²) >= 11 is 0. The predicted molar refractivity (Wildman–Crippen MR) is 103 cm³/mol. The van der Waals surface area contributed by atoms with Crippen LogP contribution in [0.2, 0.25) is 0 Å². The van der Waals surface area contributed by atoms with Crippen LogP contribution in [0.25, 0.3) is 0 Å². The van der Waals surface area contributed by atoms with E-state index < -0.39 is 0 Å². The minimum Gasteiger partial charge on any atom is -0.489 e. The van der Waals surface area contributed by atoms with Crippen molar-refractivity contribution in [2.45, 2.75) is 27.4 Å². The first-order valence-electron chi connectivity index (χ1n) is 8.59. The van der Waals surface area contributed by atoms with E-state index in [0.29, 0.717) is 40.6 Å². The average molecular weight is 363 g/mol. The number of rotatable bonds is 6. The molecule has 27 heavy (non-hydrogen) atoms. The Morgan fingerprint density at radius 1 is 1.19 bits per heavy atom. The molecule has 0 aliphatic rings. The number of nitrogens with one attached hydrogen (secondary N) is 2. The molecule has 0 fully saturated rings. The molecule has 2 aromatic heterocycles. The smallest absolute Gasteiger partial charge is 0.272 e. The van der Waals surface area contributed by atoms with E-state index in [1.165, 1.54) is 6.92 Å². The van der Waals surface area contributed by atoms with Crippen molar-refractivity contribution in [1.29, 1.82) is 0 Å². The van der Waals surface area contributed by atoms with Crippen LogP contribution < -0.4 is 10.1 Å². The summed E-state index contributed by atoms with van der Waals surface area (Å²) in [5.74, 6) is 0.277. The van der Waals surface area contributed by atoms with Gasteiger partial charge < -0.3 is 15.0 Å². The van der Waals surface area contributed by atoms with E-state index in [-0.39, 0.29) is 11.7 Å². The van der Waals surface area contributed by atoms with E-state index in [1.807, 2.05) is 24.3 Å². The fraction of sp³-hybridized carbons (Fsp3) is 0.190. The van der Waals surface area contributed by atoms with Crippen LogP contribution >= 0.6 is 0 Å². The maximum atomic E-state index is 12.6. The van der Waals surface area contributed by atoms with Crippen molar-refractivity contribution < 1.29 is 14.3 Å². The number of aromatic nitrogens is 2. The Hall–Kier alpha value is -3.41. The second kappa shape index (κ2) is 7.86. The number of anilines is 1. The number of ketones is 1. The number of nitrogens with zero attached hydrogens (tertiary/aromatic N) is 1. The number of ether oxygens (including phenoxy) is 1. The second-order valence-corrected chi connectivity index (χ2v) is 6.31. The zero-order valence-corrected chi connectivity index (χ0v) is 15.5. The Morgan fingerprint density at radius 3 is 2.67 bits per heavy atom. The number of carbonyl (C=O) groups is 2. The van der Waals surface area contributed by atoms with Gasteiger partial charge in [0.2, 0.25) is 0 Å². The lowest BCUT2D eigenvalue weighted by Crippen LogP contribution is -2.14. The average Bonchev–Trinajstić information content (AvgIpc) is 2.95. The molecule has 0 unspecified atom stereocenters. The van der Waals surface area contributed by atoms with Crippen molar-refractivity contribution in [3.8, 4) is 5.75 Å². The number of H-pyrrole nitrogens is 1. The maximum Gasteiger partial charge on any atom is 0.272 e. The van der Waals surface area contributed by atoms with Gasteiger partial charge in [-0.2, -0.15) is 0 Å². The summed E-state index contributed by atoms with van der Waals surface area (Å²) in [6.07, 6.45) is 3.45. The van der Waals surface area contributed by atoms with Gasteiger partial charge in [0, 0.05) is 41.0 Å². The van der Waals surface area contributed by atoms with Gasteiger partial charge in [-0.1, -0.05) is 12.1 Å². The van der Waals surface area contributed by atoms with Crippen LogP contribution in [0.3, 0.4) is 0 Å². The summed E-state index contributed by atoms with van der Waals surface area (Å²) in [6.45, 7) is 5.44.